The second-order valence-electron chi connectivity index (χ2n) is 13.5. The minimum absolute atomic E-state index is 0.187. The van der Waals surface area contributed by atoms with Gasteiger partial charge in [0.1, 0.15) is 11.5 Å². The number of hydrogen-bond donors (Lipinski definition) is 0. The number of ether oxygens (including phenoxy) is 1. The molecule has 0 bridgehead atoms. The molecule has 0 N–H and O–H groups in total. The molecule has 0 fully saturated rings. The van der Waals surface area contributed by atoms with Gasteiger partial charge in [-0.1, -0.05) is 69.0 Å². The van der Waals surface area contributed by atoms with Gasteiger partial charge in [0.05, 0.1) is 17.0 Å². The first-order chi connectivity index (χ1) is 20.1. The third-order valence-electron chi connectivity index (χ3n) is 7.97. The van der Waals surface area contributed by atoms with Crippen molar-refractivity contribution in [1.29, 1.82) is 0 Å². The van der Waals surface area contributed by atoms with Gasteiger partial charge in [0.2, 0.25) is 0 Å². The lowest BCUT2D eigenvalue weighted by Gasteiger charge is -2.32. The Bertz CT molecular complexity index is 1790. The Morgan fingerprint density at radius 1 is 0.837 bits per heavy atom. The first kappa shape index (κ1) is 30.0. The van der Waals surface area contributed by atoms with Crippen LogP contribution in [0.1, 0.15) is 76.5 Å². The number of carbonyl (C=O) groups excluding carboxylic acids is 1. The molecule has 0 saturated carbocycles. The van der Waals surface area contributed by atoms with Crippen molar-refractivity contribution in [2.75, 3.05) is 0 Å². The highest BCUT2D eigenvalue weighted by molar-refractivity contribution is 6.24. The van der Waals surface area contributed by atoms with Gasteiger partial charge < -0.3 is 9.84 Å². The average Bonchev–Trinajstić information content (AvgIpc) is 2.95. The van der Waals surface area contributed by atoms with Gasteiger partial charge in [0.25, 0.3) is 0 Å². The predicted octanol–water partition coefficient (Wildman–Crippen LogP) is 9.04. The molecule has 0 amide bonds. The molecule has 4 nitrogen and oxygen atoms in total. The molecule has 0 radical (unpaired) electrons. The topological polar surface area (TPSA) is 60.7 Å². The molecule has 1 aliphatic heterocycles. The van der Waals surface area contributed by atoms with Crippen LogP contribution in [0.2, 0.25) is 0 Å². The smallest absolute Gasteiger partial charge is 0.361 e. The Labute approximate surface area is 255 Å². The van der Waals surface area contributed by atoms with E-state index < -0.39 is 0 Å². The summed E-state index contributed by atoms with van der Waals surface area (Å²) >= 11 is 0. The number of ketones is 1. The summed E-state index contributed by atoms with van der Waals surface area (Å²) in [6, 6.07) is 20.0. The summed E-state index contributed by atoms with van der Waals surface area (Å²) < 4.78 is 12.7. The van der Waals surface area contributed by atoms with Crippen molar-refractivity contribution in [2.45, 2.75) is 67.7 Å². The largest absolute Gasteiger partial charge is 0.871 e. The summed E-state index contributed by atoms with van der Waals surface area (Å²) in [5.74, 6) is 2.49. The van der Waals surface area contributed by atoms with Crippen LogP contribution < -0.4 is 5.11 Å². The zero-order chi connectivity index (χ0) is 31.3. The molecule has 0 saturated heterocycles. The molecule has 2 heterocycles. The summed E-state index contributed by atoms with van der Waals surface area (Å²) in [6.45, 7) is 18.4. The standard InChI is InChI=1S/C39H40O4/c1-23-14-10-12-16-28(23)31-19-26(20-33(42-31)38(4,5)6)18-30-36(40)35(37(30)41)25(3)27-21-32(29-17-13-11-15-24(29)2)43-34(22-27)39(7,8)9/h10-22H,1-9H3. The first-order valence-electron chi connectivity index (χ1n) is 14.8. The van der Waals surface area contributed by atoms with Crippen molar-refractivity contribution in [3.63, 3.8) is 0 Å². The van der Waals surface area contributed by atoms with Crippen molar-refractivity contribution >= 4 is 17.1 Å². The van der Waals surface area contributed by atoms with E-state index in [1.54, 1.807) is 6.08 Å². The van der Waals surface area contributed by atoms with Gasteiger partial charge in [-0.05, 0) is 93.7 Å². The zero-order valence-corrected chi connectivity index (χ0v) is 26.6. The first-order valence-corrected chi connectivity index (χ1v) is 14.8. The SMILES string of the molecule is CC(=C1C(=O)C(C=C2C=C(c3ccccc3C)OC(C(C)(C)C)=C2)=C1[O-])c1cc(-c2ccccc2C)[o+]c(C(C)(C)C)c1. The monoisotopic (exact) mass is 572 g/mol. The van der Waals surface area contributed by atoms with Crippen LogP contribution in [0.5, 0.6) is 0 Å². The highest BCUT2D eigenvalue weighted by Gasteiger charge is 2.33. The van der Waals surface area contributed by atoms with Crippen molar-refractivity contribution < 1.29 is 19.1 Å². The van der Waals surface area contributed by atoms with Crippen molar-refractivity contribution in [2.24, 2.45) is 5.41 Å². The van der Waals surface area contributed by atoms with E-state index in [1.807, 2.05) is 93.6 Å². The minimum Gasteiger partial charge on any atom is -0.871 e. The van der Waals surface area contributed by atoms with E-state index in [9.17, 15) is 9.90 Å². The number of aryl methyl sites for hydroxylation is 2. The molecule has 1 aromatic heterocycles. The Morgan fingerprint density at radius 3 is 2.00 bits per heavy atom. The van der Waals surface area contributed by atoms with E-state index in [0.29, 0.717) is 17.1 Å². The number of carbonyl (C=O) groups is 1. The fourth-order valence-electron chi connectivity index (χ4n) is 5.22. The second-order valence-corrected chi connectivity index (χ2v) is 13.5. The molecule has 2 aromatic carbocycles. The van der Waals surface area contributed by atoms with Crippen molar-refractivity contribution in [3.8, 4) is 11.3 Å². The number of allylic oxidation sites excluding steroid dienone is 8. The molecule has 0 unspecified atom stereocenters. The van der Waals surface area contributed by atoms with Crippen LogP contribution >= 0.6 is 0 Å². The second kappa shape index (κ2) is 11.0. The van der Waals surface area contributed by atoms with E-state index in [2.05, 4.69) is 41.5 Å². The summed E-state index contributed by atoms with van der Waals surface area (Å²) in [5, 5.41) is 13.6. The van der Waals surface area contributed by atoms with Gasteiger partial charge in [0.15, 0.2) is 5.78 Å². The van der Waals surface area contributed by atoms with Gasteiger partial charge in [-0.25, -0.2) is 4.42 Å². The summed E-state index contributed by atoms with van der Waals surface area (Å²) in [5.41, 5.74) is 6.23. The van der Waals surface area contributed by atoms with Crippen LogP contribution in [0.25, 0.3) is 22.7 Å². The molecular weight excluding hydrogens is 532 g/mol. The lowest BCUT2D eigenvalue weighted by molar-refractivity contribution is -0.300. The Balaban J connectivity index is 1.61. The average molecular weight is 573 g/mol. The van der Waals surface area contributed by atoms with Crippen LogP contribution in [0, 0.1) is 19.3 Å². The Morgan fingerprint density at radius 2 is 1.44 bits per heavy atom. The molecule has 2 aliphatic rings. The lowest BCUT2D eigenvalue weighted by atomic mass is 9.81. The molecule has 4 heteroatoms. The number of hydrogen-bond acceptors (Lipinski definition) is 3. The van der Waals surface area contributed by atoms with E-state index in [0.717, 1.165) is 44.9 Å². The van der Waals surface area contributed by atoms with Crippen molar-refractivity contribution in [1.82, 2.24) is 0 Å². The third kappa shape index (κ3) is 5.92. The molecule has 1 aliphatic carbocycles. The van der Waals surface area contributed by atoms with E-state index in [-0.39, 0.29) is 33.5 Å². The quantitative estimate of drug-likeness (QED) is 0.231. The Kier molecular flexibility index (Phi) is 7.68. The highest BCUT2D eigenvalue weighted by Crippen LogP contribution is 2.41. The van der Waals surface area contributed by atoms with E-state index >= 15 is 0 Å². The van der Waals surface area contributed by atoms with Crippen LogP contribution in [0.4, 0.5) is 0 Å². The van der Waals surface area contributed by atoms with Gasteiger partial charge in [0, 0.05) is 28.2 Å². The van der Waals surface area contributed by atoms with Gasteiger partial charge in [-0.15, -0.1) is 0 Å². The Hall–Kier alpha value is -4.44. The fraction of sp³-hybridized carbons (Fsp3) is 0.282. The molecule has 220 valence electrons. The van der Waals surface area contributed by atoms with E-state index in [4.69, 9.17) is 9.15 Å². The summed E-state index contributed by atoms with van der Waals surface area (Å²) in [7, 11) is 0. The summed E-state index contributed by atoms with van der Waals surface area (Å²) in [6.07, 6.45) is 5.53. The van der Waals surface area contributed by atoms with E-state index in [1.165, 1.54) is 0 Å². The van der Waals surface area contributed by atoms with Gasteiger partial charge in [-0.2, -0.15) is 0 Å². The maximum atomic E-state index is 13.6. The fourth-order valence-corrected chi connectivity index (χ4v) is 5.22. The molecule has 5 rings (SSSR count). The van der Waals surface area contributed by atoms with Crippen molar-refractivity contribution in [3.05, 3.63) is 135 Å². The third-order valence-corrected chi connectivity index (χ3v) is 7.97. The minimum atomic E-state index is -0.269. The molecule has 3 aromatic rings. The van der Waals surface area contributed by atoms with Gasteiger partial charge >= 0.3 is 11.5 Å². The molecular formula is C39H40O4. The zero-order valence-electron chi connectivity index (χ0n) is 26.6. The molecule has 43 heavy (non-hydrogen) atoms. The lowest BCUT2D eigenvalue weighted by Crippen LogP contribution is -2.30. The van der Waals surface area contributed by atoms with Crippen LogP contribution in [-0.2, 0) is 14.9 Å². The number of rotatable bonds is 4. The van der Waals surface area contributed by atoms with Crippen LogP contribution in [0.15, 0.2) is 112 Å². The maximum absolute atomic E-state index is 13.6. The molecule has 0 atom stereocenters. The predicted molar refractivity (Wildman–Crippen MR) is 172 cm³/mol. The van der Waals surface area contributed by atoms with Crippen LogP contribution in [0.3, 0.4) is 0 Å². The maximum Gasteiger partial charge on any atom is 0.361 e. The van der Waals surface area contributed by atoms with Crippen LogP contribution in [-0.4, -0.2) is 5.78 Å². The molecule has 0 spiro atoms. The number of benzene rings is 2. The summed E-state index contributed by atoms with van der Waals surface area (Å²) in [4.78, 5) is 13.6. The number of Topliss-reactive ketones (excluding diaryl/α,β-unsaturated/α-hetero) is 1. The normalized spacial score (nSPS) is 17.8. The van der Waals surface area contributed by atoms with Gasteiger partial charge in [-0.3, -0.25) is 4.79 Å². The highest BCUT2D eigenvalue weighted by atomic mass is 16.5.